The number of nitrogens with zero attached hydrogens (tertiary/aromatic N) is 3. The first-order valence-corrected chi connectivity index (χ1v) is 10.9. The van der Waals surface area contributed by atoms with Gasteiger partial charge in [0.25, 0.3) is 5.56 Å². The van der Waals surface area contributed by atoms with E-state index in [9.17, 15) is 19.2 Å². The van der Waals surface area contributed by atoms with E-state index in [4.69, 9.17) is 0 Å². The summed E-state index contributed by atoms with van der Waals surface area (Å²) in [6.07, 6.45) is 1.56. The van der Waals surface area contributed by atoms with Crippen LogP contribution in [0.5, 0.6) is 0 Å². The van der Waals surface area contributed by atoms with Crippen LogP contribution >= 0.6 is 34.9 Å². The summed E-state index contributed by atoms with van der Waals surface area (Å²) in [5.74, 6) is -1.12. The highest BCUT2D eigenvalue weighted by molar-refractivity contribution is 8.01. The molecule has 2 rings (SSSR count). The van der Waals surface area contributed by atoms with Crippen molar-refractivity contribution in [3.8, 4) is 0 Å². The van der Waals surface area contributed by atoms with Crippen molar-refractivity contribution < 1.29 is 14.4 Å². The fourth-order valence-corrected chi connectivity index (χ4v) is 4.17. The molecule has 13 heteroatoms. The van der Waals surface area contributed by atoms with Gasteiger partial charge in [0.05, 0.1) is 11.5 Å². The zero-order valence-corrected chi connectivity index (χ0v) is 17.6. The van der Waals surface area contributed by atoms with Gasteiger partial charge >= 0.3 is 0 Å². The van der Waals surface area contributed by atoms with E-state index >= 15 is 0 Å². The number of aromatic amines is 1. The first-order chi connectivity index (χ1) is 13.4. The van der Waals surface area contributed by atoms with E-state index in [1.807, 2.05) is 6.92 Å². The number of thioether (sulfide) groups is 2. The van der Waals surface area contributed by atoms with Crippen molar-refractivity contribution in [2.75, 3.05) is 16.8 Å². The molecule has 0 saturated heterocycles. The number of carbonyl (C=O) groups is 3. The maximum atomic E-state index is 12.1. The van der Waals surface area contributed by atoms with Crippen LogP contribution in [0.1, 0.15) is 26.0 Å². The third-order valence-corrected chi connectivity index (χ3v) is 5.76. The second kappa shape index (κ2) is 10.9. The number of nitrogens with one attached hydrogen (secondary N) is 3. The molecular formula is C15H18N6O4S3. The van der Waals surface area contributed by atoms with Crippen molar-refractivity contribution in [1.82, 2.24) is 25.5 Å². The van der Waals surface area contributed by atoms with E-state index in [0.717, 1.165) is 41.3 Å². The van der Waals surface area contributed by atoms with Crippen molar-refractivity contribution in [2.45, 2.75) is 36.2 Å². The maximum Gasteiger partial charge on any atom is 0.251 e. The van der Waals surface area contributed by atoms with Gasteiger partial charge in [-0.2, -0.15) is 0 Å². The molecule has 150 valence electrons. The fraction of sp³-hybridized carbons (Fsp3) is 0.400. The Labute approximate surface area is 172 Å². The van der Waals surface area contributed by atoms with Gasteiger partial charge in [0.2, 0.25) is 22.9 Å². The summed E-state index contributed by atoms with van der Waals surface area (Å²) in [7, 11) is 0. The topological polar surface area (TPSA) is 147 Å². The van der Waals surface area contributed by atoms with Gasteiger partial charge in [-0.15, -0.1) is 10.2 Å². The lowest BCUT2D eigenvalue weighted by molar-refractivity contribution is -0.127. The summed E-state index contributed by atoms with van der Waals surface area (Å²) in [6, 6.07) is 1.45. The van der Waals surface area contributed by atoms with Crippen molar-refractivity contribution in [3.05, 3.63) is 22.1 Å². The molecule has 28 heavy (non-hydrogen) atoms. The third kappa shape index (κ3) is 7.78. The van der Waals surface area contributed by atoms with Gasteiger partial charge in [0.1, 0.15) is 0 Å². The van der Waals surface area contributed by atoms with E-state index in [-0.39, 0.29) is 23.0 Å². The minimum atomic E-state index is -0.429. The highest BCUT2D eigenvalue weighted by Gasteiger charge is 2.12. The average Bonchev–Trinajstić information content (AvgIpc) is 3.05. The van der Waals surface area contributed by atoms with Crippen molar-refractivity contribution in [2.24, 2.45) is 0 Å². The third-order valence-electron chi connectivity index (χ3n) is 2.91. The summed E-state index contributed by atoms with van der Waals surface area (Å²) in [4.78, 5) is 52.8. The number of hydrogen-bond donors (Lipinski definition) is 3. The zero-order chi connectivity index (χ0) is 20.5. The van der Waals surface area contributed by atoms with E-state index in [1.165, 1.54) is 13.0 Å². The zero-order valence-electron chi connectivity index (χ0n) is 15.1. The van der Waals surface area contributed by atoms with E-state index in [1.54, 1.807) is 0 Å². The van der Waals surface area contributed by atoms with Crippen LogP contribution in [0.15, 0.2) is 20.4 Å². The van der Waals surface area contributed by atoms with Crippen LogP contribution in [0.2, 0.25) is 0 Å². The molecule has 3 N–H and O–H groups in total. The van der Waals surface area contributed by atoms with Crippen LogP contribution in [0, 0.1) is 0 Å². The molecule has 2 aromatic rings. The lowest BCUT2D eigenvalue weighted by Crippen LogP contribution is -2.29. The summed E-state index contributed by atoms with van der Waals surface area (Å²) in [5, 5.41) is 13.1. The Balaban J connectivity index is 1.82. The van der Waals surface area contributed by atoms with Crippen LogP contribution in [0.4, 0.5) is 5.13 Å². The summed E-state index contributed by atoms with van der Waals surface area (Å²) in [6.45, 7) is 3.25. The average molecular weight is 443 g/mol. The molecule has 0 unspecified atom stereocenters. The minimum Gasteiger partial charge on any atom is -0.301 e. The number of imide groups is 1. The summed E-state index contributed by atoms with van der Waals surface area (Å²) in [5.41, 5.74) is 0.440. The monoisotopic (exact) mass is 442 g/mol. The van der Waals surface area contributed by atoms with Crippen LogP contribution in [-0.4, -0.2) is 49.4 Å². The molecule has 0 bridgehead atoms. The second-order valence-corrected chi connectivity index (χ2v) is 8.56. The van der Waals surface area contributed by atoms with Crippen LogP contribution in [0.25, 0.3) is 0 Å². The van der Waals surface area contributed by atoms with Gasteiger partial charge in [0.15, 0.2) is 9.50 Å². The normalized spacial score (nSPS) is 10.5. The van der Waals surface area contributed by atoms with Gasteiger partial charge in [-0.25, -0.2) is 4.98 Å². The predicted octanol–water partition coefficient (Wildman–Crippen LogP) is 1.06. The molecule has 0 radical (unpaired) electrons. The Bertz CT molecular complexity index is 913. The SMILES string of the molecule is CCCc1cc(=O)[nH]c(SCC(=O)Nc2nnc(SCC(=O)NC(C)=O)s2)n1. The highest BCUT2D eigenvalue weighted by atomic mass is 32.2. The number of aromatic nitrogens is 4. The van der Waals surface area contributed by atoms with Gasteiger partial charge in [0, 0.05) is 18.7 Å². The Morgan fingerprint density at radius 3 is 2.64 bits per heavy atom. The molecule has 0 spiro atoms. The van der Waals surface area contributed by atoms with Crippen molar-refractivity contribution >= 4 is 57.7 Å². The molecule has 0 fully saturated rings. The Hall–Kier alpha value is -2.25. The molecule has 0 aliphatic heterocycles. The lowest BCUT2D eigenvalue weighted by atomic mass is 10.2. The van der Waals surface area contributed by atoms with Crippen molar-refractivity contribution in [3.63, 3.8) is 0 Å². The molecule has 0 atom stereocenters. The van der Waals surface area contributed by atoms with Crippen LogP contribution < -0.4 is 16.2 Å². The first-order valence-electron chi connectivity index (χ1n) is 8.15. The van der Waals surface area contributed by atoms with Crippen molar-refractivity contribution in [1.29, 1.82) is 0 Å². The molecule has 0 saturated carbocycles. The molecular weight excluding hydrogens is 424 g/mol. The van der Waals surface area contributed by atoms with Crippen LogP contribution in [-0.2, 0) is 20.8 Å². The van der Waals surface area contributed by atoms with Crippen LogP contribution in [0.3, 0.4) is 0 Å². The summed E-state index contributed by atoms with van der Waals surface area (Å²) >= 11 is 3.34. The first kappa shape index (κ1) is 22.0. The van der Waals surface area contributed by atoms with E-state index in [2.05, 4.69) is 30.8 Å². The maximum absolute atomic E-state index is 12.1. The van der Waals surface area contributed by atoms with E-state index < -0.39 is 11.8 Å². The summed E-state index contributed by atoms with van der Waals surface area (Å²) < 4.78 is 0.486. The minimum absolute atomic E-state index is 0.0190. The lowest BCUT2D eigenvalue weighted by Gasteiger charge is -2.03. The Morgan fingerprint density at radius 2 is 1.93 bits per heavy atom. The number of H-pyrrole nitrogens is 1. The molecule has 0 aliphatic carbocycles. The molecule has 0 aliphatic rings. The number of carbonyl (C=O) groups excluding carboxylic acids is 3. The van der Waals surface area contributed by atoms with Gasteiger partial charge < -0.3 is 4.98 Å². The van der Waals surface area contributed by atoms with Gasteiger partial charge in [-0.1, -0.05) is 48.2 Å². The Morgan fingerprint density at radius 1 is 1.18 bits per heavy atom. The quantitative estimate of drug-likeness (QED) is 0.294. The number of aryl methyl sites for hydroxylation is 1. The fourth-order valence-electron chi connectivity index (χ4n) is 1.90. The largest absolute Gasteiger partial charge is 0.301 e. The van der Waals surface area contributed by atoms with E-state index in [0.29, 0.717) is 26.7 Å². The van der Waals surface area contributed by atoms with Gasteiger partial charge in [-0.05, 0) is 6.42 Å². The van der Waals surface area contributed by atoms with Gasteiger partial charge in [-0.3, -0.25) is 29.8 Å². The predicted molar refractivity (Wildman–Crippen MR) is 108 cm³/mol. The molecule has 3 amide bonds. The molecule has 2 aromatic heterocycles. The Kier molecular flexibility index (Phi) is 8.60. The number of anilines is 1. The highest BCUT2D eigenvalue weighted by Crippen LogP contribution is 2.25. The smallest absolute Gasteiger partial charge is 0.251 e. The standard InChI is InChI=1S/C15H18N6O4S3/c1-3-4-9-5-10(23)18-13(17-9)26-6-12(25)19-14-20-21-15(28-14)27-7-11(24)16-8(2)22/h5H,3-4,6-7H2,1-2H3,(H,16,22,24)(H,17,18,23)(H,19,20,25). The molecule has 2 heterocycles. The second-order valence-electron chi connectivity index (χ2n) is 5.39. The molecule has 10 nitrogen and oxygen atoms in total. The number of amides is 3. The number of rotatable bonds is 9. The number of hydrogen-bond acceptors (Lipinski definition) is 10. The molecule has 0 aromatic carbocycles.